The van der Waals surface area contributed by atoms with Crippen LogP contribution in [-0.2, 0) is 11.3 Å². The van der Waals surface area contributed by atoms with Crippen molar-refractivity contribution in [1.82, 2.24) is 10.2 Å². The quantitative estimate of drug-likeness (QED) is 0.649. The summed E-state index contributed by atoms with van der Waals surface area (Å²) in [6, 6.07) is 11.2. The molecule has 1 N–H and O–H groups in total. The number of benzene rings is 2. The fraction of sp³-hybridized carbons (Fsp3) is 0.391. The summed E-state index contributed by atoms with van der Waals surface area (Å²) in [5.41, 5.74) is 1.25. The first-order valence-electron chi connectivity index (χ1n) is 10.1. The van der Waals surface area contributed by atoms with Crippen LogP contribution in [0, 0.1) is 17.6 Å². The van der Waals surface area contributed by atoms with Crippen molar-refractivity contribution in [2.24, 2.45) is 5.92 Å². The monoisotopic (exact) mass is 432 g/mol. The van der Waals surface area contributed by atoms with Gasteiger partial charge in [-0.25, -0.2) is 8.78 Å². The fourth-order valence-corrected chi connectivity index (χ4v) is 4.34. The average molecular weight is 433 g/mol. The first-order chi connectivity index (χ1) is 14.5. The Balaban J connectivity index is 1.48. The Bertz CT molecular complexity index is 907. The zero-order chi connectivity index (χ0) is 21.5. The molecule has 0 radical (unpaired) electrons. The van der Waals surface area contributed by atoms with Crippen molar-refractivity contribution in [3.05, 3.63) is 65.2 Å². The van der Waals surface area contributed by atoms with Crippen LogP contribution >= 0.6 is 11.8 Å². The molecule has 2 amide bonds. The minimum absolute atomic E-state index is 0.0486. The van der Waals surface area contributed by atoms with E-state index >= 15 is 0 Å². The van der Waals surface area contributed by atoms with E-state index in [-0.39, 0.29) is 24.3 Å². The SMILES string of the molecule is CSc1ccccc1C(=O)N1CCC[C@H](CCC(=O)NCc2ccc(F)c(F)c2)C1. The molecule has 1 atom stereocenters. The van der Waals surface area contributed by atoms with E-state index in [1.807, 2.05) is 35.4 Å². The number of thioether (sulfide) groups is 1. The van der Waals surface area contributed by atoms with Crippen molar-refractivity contribution in [3.8, 4) is 0 Å². The Kier molecular flexibility index (Phi) is 7.85. The number of hydrogen-bond acceptors (Lipinski definition) is 3. The van der Waals surface area contributed by atoms with Gasteiger partial charge in [0.15, 0.2) is 11.6 Å². The van der Waals surface area contributed by atoms with Crippen LogP contribution in [0.3, 0.4) is 0 Å². The number of amides is 2. The van der Waals surface area contributed by atoms with E-state index in [2.05, 4.69) is 5.32 Å². The molecule has 2 aromatic carbocycles. The van der Waals surface area contributed by atoms with Crippen LogP contribution < -0.4 is 5.32 Å². The zero-order valence-electron chi connectivity index (χ0n) is 17.0. The zero-order valence-corrected chi connectivity index (χ0v) is 17.8. The van der Waals surface area contributed by atoms with Crippen LogP contribution in [0.25, 0.3) is 0 Å². The summed E-state index contributed by atoms with van der Waals surface area (Å²) < 4.78 is 26.2. The van der Waals surface area contributed by atoms with Gasteiger partial charge in [-0.05, 0) is 61.3 Å². The molecule has 1 saturated heterocycles. The van der Waals surface area contributed by atoms with Crippen LogP contribution in [0.5, 0.6) is 0 Å². The first kappa shape index (κ1) is 22.3. The van der Waals surface area contributed by atoms with E-state index in [1.54, 1.807) is 11.8 Å². The van der Waals surface area contributed by atoms with E-state index in [4.69, 9.17) is 0 Å². The van der Waals surface area contributed by atoms with Gasteiger partial charge < -0.3 is 10.2 Å². The van der Waals surface area contributed by atoms with Crippen LogP contribution in [0.2, 0.25) is 0 Å². The van der Waals surface area contributed by atoms with Gasteiger partial charge in [0.2, 0.25) is 5.91 Å². The highest BCUT2D eigenvalue weighted by Crippen LogP contribution is 2.26. The highest BCUT2D eigenvalue weighted by molar-refractivity contribution is 7.98. The lowest BCUT2D eigenvalue weighted by Crippen LogP contribution is -2.40. The third kappa shape index (κ3) is 5.81. The molecule has 4 nitrogen and oxygen atoms in total. The molecular formula is C23H26F2N2O2S. The van der Waals surface area contributed by atoms with Gasteiger partial charge in [0.25, 0.3) is 5.91 Å². The molecule has 3 rings (SSSR count). The lowest BCUT2D eigenvalue weighted by molar-refractivity contribution is -0.121. The highest BCUT2D eigenvalue weighted by Gasteiger charge is 2.26. The topological polar surface area (TPSA) is 49.4 Å². The predicted molar refractivity (Wildman–Crippen MR) is 114 cm³/mol. The maximum absolute atomic E-state index is 13.2. The summed E-state index contributed by atoms with van der Waals surface area (Å²) in [6.07, 6.45) is 4.91. The van der Waals surface area contributed by atoms with Crippen LogP contribution in [0.1, 0.15) is 41.6 Å². The number of piperidine rings is 1. The minimum Gasteiger partial charge on any atom is -0.352 e. The fourth-order valence-electron chi connectivity index (χ4n) is 3.75. The summed E-state index contributed by atoms with van der Waals surface area (Å²) in [4.78, 5) is 28.0. The van der Waals surface area contributed by atoms with E-state index in [0.717, 1.165) is 42.0 Å². The minimum atomic E-state index is -0.920. The summed E-state index contributed by atoms with van der Waals surface area (Å²) >= 11 is 1.56. The van der Waals surface area contributed by atoms with Crippen LogP contribution in [0.4, 0.5) is 8.78 Å². The maximum atomic E-state index is 13.2. The van der Waals surface area contributed by atoms with Gasteiger partial charge in [-0.15, -0.1) is 11.8 Å². The molecular weight excluding hydrogens is 406 g/mol. The lowest BCUT2D eigenvalue weighted by Gasteiger charge is -2.33. The largest absolute Gasteiger partial charge is 0.352 e. The van der Waals surface area contributed by atoms with Gasteiger partial charge in [0, 0.05) is 31.0 Å². The number of likely N-dealkylation sites (tertiary alicyclic amines) is 1. The third-order valence-corrected chi connectivity index (χ3v) is 6.19. The maximum Gasteiger partial charge on any atom is 0.254 e. The van der Waals surface area contributed by atoms with E-state index < -0.39 is 11.6 Å². The van der Waals surface area contributed by atoms with Gasteiger partial charge in [-0.2, -0.15) is 0 Å². The molecule has 7 heteroatoms. The second kappa shape index (κ2) is 10.6. The Labute approximate surface area is 180 Å². The molecule has 0 aliphatic carbocycles. The Morgan fingerprint density at radius 1 is 1.17 bits per heavy atom. The Morgan fingerprint density at radius 2 is 1.97 bits per heavy atom. The van der Waals surface area contributed by atoms with Gasteiger partial charge in [0.1, 0.15) is 0 Å². The summed E-state index contributed by atoms with van der Waals surface area (Å²) in [5.74, 6) is -1.63. The molecule has 30 heavy (non-hydrogen) atoms. The molecule has 1 aliphatic heterocycles. The number of nitrogens with one attached hydrogen (secondary N) is 1. The van der Waals surface area contributed by atoms with Crippen molar-refractivity contribution in [2.75, 3.05) is 19.3 Å². The number of carbonyl (C=O) groups excluding carboxylic acids is 2. The highest BCUT2D eigenvalue weighted by atomic mass is 32.2. The molecule has 1 aliphatic rings. The van der Waals surface area contributed by atoms with Gasteiger partial charge in [-0.3, -0.25) is 9.59 Å². The van der Waals surface area contributed by atoms with Crippen molar-refractivity contribution in [3.63, 3.8) is 0 Å². The third-order valence-electron chi connectivity index (χ3n) is 5.40. The molecule has 1 heterocycles. The Morgan fingerprint density at radius 3 is 2.73 bits per heavy atom. The molecule has 0 saturated carbocycles. The smallest absolute Gasteiger partial charge is 0.254 e. The van der Waals surface area contributed by atoms with E-state index in [9.17, 15) is 18.4 Å². The normalized spacial score (nSPS) is 16.4. The number of carbonyl (C=O) groups is 2. The predicted octanol–water partition coefficient (Wildman–Crippen LogP) is 4.64. The number of hydrogen-bond donors (Lipinski definition) is 1. The van der Waals surface area contributed by atoms with Crippen LogP contribution in [-0.4, -0.2) is 36.1 Å². The first-order valence-corrected chi connectivity index (χ1v) is 11.3. The number of rotatable bonds is 7. The summed E-state index contributed by atoms with van der Waals surface area (Å²) in [7, 11) is 0. The standard InChI is InChI=1S/C23H26F2N2O2S/c1-30-21-7-3-2-6-18(21)23(29)27-12-4-5-16(15-27)9-11-22(28)26-14-17-8-10-19(24)20(25)13-17/h2-3,6-8,10,13,16H,4-5,9,11-12,14-15H2,1H3,(H,26,28)/t16-/m1/s1. The molecule has 160 valence electrons. The summed E-state index contributed by atoms with van der Waals surface area (Å²) in [5, 5.41) is 2.75. The van der Waals surface area contributed by atoms with Crippen molar-refractivity contribution in [2.45, 2.75) is 37.1 Å². The molecule has 2 aromatic rings. The second-order valence-corrected chi connectivity index (χ2v) is 8.37. The van der Waals surface area contributed by atoms with Gasteiger partial charge >= 0.3 is 0 Å². The Hall–Kier alpha value is -2.41. The molecule has 0 aromatic heterocycles. The van der Waals surface area contributed by atoms with E-state index in [1.165, 1.54) is 6.07 Å². The van der Waals surface area contributed by atoms with Crippen LogP contribution in [0.15, 0.2) is 47.4 Å². The molecule has 0 bridgehead atoms. The molecule has 1 fully saturated rings. The molecule has 0 spiro atoms. The van der Waals surface area contributed by atoms with E-state index in [0.29, 0.717) is 24.9 Å². The van der Waals surface area contributed by atoms with Crippen molar-refractivity contribution in [1.29, 1.82) is 0 Å². The number of halogens is 2. The van der Waals surface area contributed by atoms with Gasteiger partial charge in [-0.1, -0.05) is 18.2 Å². The summed E-state index contributed by atoms with van der Waals surface area (Å²) in [6.45, 7) is 1.55. The average Bonchev–Trinajstić information content (AvgIpc) is 2.78. The van der Waals surface area contributed by atoms with Crippen molar-refractivity contribution < 1.29 is 18.4 Å². The lowest BCUT2D eigenvalue weighted by atomic mass is 9.92. The second-order valence-electron chi connectivity index (χ2n) is 7.52. The molecule has 0 unspecified atom stereocenters. The number of nitrogens with zero attached hydrogens (tertiary/aromatic N) is 1. The van der Waals surface area contributed by atoms with Crippen molar-refractivity contribution >= 4 is 23.6 Å². The van der Waals surface area contributed by atoms with Gasteiger partial charge in [0.05, 0.1) is 5.56 Å².